The number of nitrogens with zero attached hydrogens (tertiary/aromatic N) is 1. The second-order valence-electron chi connectivity index (χ2n) is 5.04. The molecule has 0 bridgehead atoms. The van der Waals surface area contributed by atoms with Gasteiger partial charge in [0.25, 0.3) is 0 Å². The van der Waals surface area contributed by atoms with Gasteiger partial charge in [-0.25, -0.2) is 0 Å². The molecule has 0 aliphatic rings. The van der Waals surface area contributed by atoms with Crippen LogP contribution < -0.4 is 5.32 Å². The summed E-state index contributed by atoms with van der Waals surface area (Å²) >= 11 is 0. The Morgan fingerprint density at radius 3 is 1.42 bits per heavy atom. The number of hydrogen-bond acceptors (Lipinski definition) is 6. The van der Waals surface area contributed by atoms with Crippen LogP contribution in [0.3, 0.4) is 0 Å². The summed E-state index contributed by atoms with van der Waals surface area (Å²) < 4.78 is 43.9. The summed E-state index contributed by atoms with van der Waals surface area (Å²) in [6.07, 6.45) is -4.19. The van der Waals surface area contributed by atoms with Crippen molar-refractivity contribution in [3.63, 3.8) is 0 Å². The smallest absolute Gasteiger partial charge is 0.324 e. The standard InChI is InChI=1S/C6H20N2O12P4/c9-21(10,11)2-6(7-3-22(12,13)14)1-8(4-23(15,16)17)5-24(18,19)20/h6-7H,1-5H2,(H2,9,10,11)(H2,12,13,14)(H2,15,16,17)(H2,18,19,20). The summed E-state index contributed by atoms with van der Waals surface area (Å²) in [6.45, 7) is -0.679. The number of rotatable bonds is 11. The maximum absolute atomic E-state index is 11.1. The molecule has 1 atom stereocenters. The van der Waals surface area contributed by atoms with E-state index in [0.29, 0.717) is 4.90 Å². The molecule has 0 radical (unpaired) electrons. The zero-order chi connectivity index (χ0) is 19.4. The van der Waals surface area contributed by atoms with Crippen LogP contribution in [0.2, 0.25) is 0 Å². The molecule has 0 amide bonds. The maximum atomic E-state index is 11.1. The van der Waals surface area contributed by atoms with E-state index in [4.69, 9.17) is 39.1 Å². The highest BCUT2D eigenvalue weighted by molar-refractivity contribution is 7.53. The predicted octanol–water partition coefficient (Wildman–Crippen LogP) is -2.17. The van der Waals surface area contributed by atoms with E-state index in [0.717, 1.165) is 0 Å². The van der Waals surface area contributed by atoms with Gasteiger partial charge >= 0.3 is 30.4 Å². The molecule has 0 aromatic carbocycles. The monoisotopic (exact) mass is 436 g/mol. The molecular weight excluding hydrogens is 416 g/mol. The Morgan fingerprint density at radius 1 is 0.708 bits per heavy atom. The third kappa shape index (κ3) is 16.0. The maximum Gasteiger partial charge on any atom is 0.339 e. The summed E-state index contributed by atoms with van der Waals surface area (Å²) in [5.41, 5.74) is 0. The van der Waals surface area contributed by atoms with Crippen molar-refractivity contribution in [2.24, 2.45) is 0 Å². The van der Waals surface area contributed by atoms with Gasteiger partial charge in [0, 0.05) is 12.6 Å². The van der Waals surface area contributed by atoms with Crippen LogP contribution in [0.1, 0.15) is 0 Å². The molecule has 0 aliphatic heterocycles. The van der Waals surface area contributed by atoms with E-state index in [1.165, 1.54) is 0 Å². The zero-order valence-electron chi connectivity index (χ0n) is 12.1. The van der Waals surface area contributed by atoms with E-state index in [-0.39, 0.29) is 0 Å². The van der Waals surface area contributed by atoms with E-state index in [1.54, 1.807) is 0 Å². The number of nitrogens with one attached hydrogen (secondary N) is 1. The van der Waals surface area contributed by atoms with Gasteiger partial charge in [0.15, 0.2) is 0 Å². The molecule has 146 valence electrons. The van der Waals surface area contributed by atoms with Gasteiger partial charge in [0.05, 0.1) is 12.4 Å². The molecule has 9 N–H and O–H groups in total. The molecule has 0 fully saturated rings. The van der Waals surface area contributed by atoms with Crippen LogP contribution >= 0.6 is 30.4 Å². The fraction of sp³-hybridized carbons (Fsp3) is 1.00. The lowest BCUT2D eigenvalue weighted by Crippen LogP contribution is -2.44. The molecule has 0 heterocycles. The minimum absolute atomic E-state index is 0.564. The van der Waals surface area contributed by atoms with Gasteiger partial charge < -0.3 is 44.5 Å². The highest BCUT2D eigenvalue weighted by Crippen LogP contribution is 2.42. The Morgan fingerprint density at radius 2 is 1.12 bits per heavy atom. The van der Waals surface area contributed by atoms with Crippen molar-refractivity contribution < 1.29 is 57.4 Å². The molecule has 24 heavy (non-hydrogen) atoms. The lowest BCUT2D eigenvalue weighted by Gasteiger charge is -2.28. The molecule has 0 saturated carbocycles. The largest absolute Gasteiger partial charge is 0.339 e. The van der Waals surface area contributed by atoms with Gasteiger partial charge in [0.2, 0.25) is 0 Å². The molecule has 14 nitrogen and oxygen atoms in total. The molecule has 0 saturated heterocycles. The van der Waals surface area contributed by atoms with Crippen LogP contribution in [-0.4, -0.2) is 81.7 Å². The molecule has 0 aliphatic carbocycles. The first-order valence-electron chi connectivity index (χ1n) is 6.00. The fourth-order valence-electron chi connectivity index (χ4n) is 1.71. The van der Waals surface area contributed by atoms with Crippen LogP contribution in [0.4, 0.5) is 0 Å². The average molecular weight is 436 g/mol. The molecule has 0 aromatic rings. The van der Waals surface area contributed by atoms with Gasteiger partial charge in [-0.15, -0.1) is 0 Å². The van der Waals surface area contributed by atoms with E-state index < -0.39 is 68.0 Å². The molecular formula is C6H20N2O12P4. The Kier molecular flexibility index (Phi) is 9.14. The summed E-state index contributed by atoms with van der Waals surface area (Å²) in [5, 5.41) is 2.12. The summed E-state index contributed by atoms with van der Waals surface area (Å²) in [7, 11) is -18.8. The third-order valence-corrected chi connectivity index (χ3v) is 5.34. The lowest BCUT2D eigenvalue weighted by atomic mass is 10.3. The normalized spacial score (nSPS) is 15.7. The third-order valence-electron chi connectivity index (χ3n) is 2.29. The predicted molar refractivity (Wildman–Crippen MR) is 81.3 cm³/mol. The van der Waals surface area contributed by atoms with Crippen molar-refractivity contribution in [3.05, 3.63) is 0 Å². The first-order chi connectivity index (χ1) is 10.4. The highest BCUT2D eigenvalue weighted by atomic mass is 31.2. The van der Waals surface area contributed by atoms with Crippen molar-refractivity contribution in [2.75, 3.05) is 31.6 Å². The lowest BCUT2D eigenvalue weighted by molar-refractivity contribution is 0.257. The molecule has 0 rings (SSSR count). The van der Waals surface area contributed by atoms with Gasteiger partial charge in [-0.1, -0.05) is 0 Å². The van der Waals surface area contributed by atoms with E-state index in [9.17, 15) is 18.3 Å². The quantitative estimate of drug-likeness (QED) is 0.157. The summed E-state index contributed by atoms with van der Waals surface area (Å²) in [6, 6.07) is -1.39. The van der Waals surface area contributed by atoms with Gasteiger partial charge in [-0.2, -0.15) is 0 Å². The second kappa shape index (κ2) is 8.94. The Bertz CT molecular complexity index is 562. The molecule has 18 heteroatoms. The minimum atomic E-state index is -4.76. The Hall–Kier alpha value is 0.520. The fourth-order valence-corrected chi connectivity index (χ4v) is 4.66. The SMILES string of the molecule is O=P(O)(O)CNC(CN(CP(=O)(O)O)CP(=O)(O)O)CP(=O)(O)O. The Labute approximate surface area is 136 Å². The van der Waals surface area contributed by atoms with E-state index in [1.807, 2.05) is 0 Å². The van der Waals surface area contributed by atoms with Crippen molar-refractivity contribution in [1.29, 1.82) is 0 Å². The van der Waals surface area contributed by atoms with Crippen molar-refractivity contribution in [3.8, 4) is 0 Å². The average Bonchev–Trinajstić information content (AvgIpc) is 2.17. The number of hydrogen-bond donors (Lipinski definition) is 9. The van der Waals surface area contributed by atoms with Crippen molar-refractivity contribution in [1.82, 2.24) is 10.2 Å². The van der Waals surface area contributed by atoms with Gasteiger partial charge in [-0.3, -0.25) is 23.2 Å². The first kappa shape index (κ1) is 24.5. The Balaban J connectivity index is 5.23. The van der Waals surface area contributed by atoms with Crippen LogP contribution in [0.15, 0.2) is 0 Å². The second-order valence-corrected chi connectivity index (χ2v) is 11.6. The molecule has 0 spiro atoms. The van der Waals surface area contributed by atoms with E-state index in [2.05, 4.69) is 5.32 Å². The molecule has 1 unspecified atom stereocenters. The summed E-state index contributed by atoms with van der Waals surface area (Å²) in [5.74, 6) is 0. The topological polar surface area (TPSA) is 245 Å². The van der Waals surface area contributed by atoms with Crippen LogP contribution in [0.5, 0.6) is 0 Å². The van der Waals surface area contributed by atoms with E-state index >= 15 is 0 Å². The molecule has 0 aromatic heterocycles. The van der Waals surface area contributed by atoms with Crippen LogP contribution in [0.25, 0.3) is 0 Å². The summed E-state index contributed by atoms with van der Waals surface area (Å²) in [4.78, 5) is 71.6. The van der Waals surface area contributed by atoms with Crippen LogP contribution in [0, 0.1) is 0 Å². The van der Waals surface area contributed by atoms with Crippen molar-refractivity contribution in [2.45, 2.75) is 6.04 Å². The zero-order valence-corrected chi connectivity index (χ0v) is 15.6. The first-order valence-corrected chi connectivity index (χ1v) is 13.2. The highest BCUT2D eigenvalue weighted by Gasteiger charge is 2.31. The van der Waals surface area contributed by atoms with Gasteiger partial charge in [-0.05, 0) is 0 Å². The van der Waals surface area contributed by atoms with Crippen molar-refractivity contribution >= 4 is 30.4 Å². The minimum Gasteiger partial charge on any atom is -0.324 e. The van der Waals surface area contributed by atoms with Gasteiger partial charge in [0.1, 0.15) is 12.6 Å². The van der Waals surface area contributed by atoms with Crippen LogP contribution in [-0.2, 0) is 18.3 Å².